The van der Waals surface area contributed by atoms with Gasteiger partial charge in [0.2, 0.25) is 0 Å². The standard InChI is InChI=1S/C24H30O4/c1-7-17-18(15(3)12-24(4,5)6)8-9-20-21(17)23(26)27-13-16-10-14(2)11-19(25)22(16)28-20/h8-11,15,25H,7,12-13H2,1-6H3/t15-/m0/s1. The van der Waals surface area contributed by atoms with Gasteiger partial charge in [-0.15, -0.1) is 0 Å². The van der Waals surface area contributed by atoms with E-state index in [1.54, 1.807) is 6.07 Å². The number of fused-ring (bicyclic) bond motifs is 2. The highest BCUT2D eigenvalue weighted by Crippen LogP contribution is 2.42. The van der Waals surface area contributed by atoms with Gasteiger partial charge in [0.1, 0.15) is 17.9 Å². The molecule has 2 aromatic carbocycles. The topological polar surface area (TPSA) is 55.8 Å². The Bertz CT molecular complexity index is 906. The molecule has 0 amide bonds. The Morgan fingerprint density at radius 1 is 1.21 bits per heavy atom. The first-order valence-corrected chi connectivity index (χ1v) is 9.94. The first-order valence-electron chi connectivity index (χ1n) is 9.94. The van der Waals surface area contributed by atoms with Crippen LogP contribution in [0.3, 0.4) is 0 Å². The summed E-state index contributed by atoms with van der Waals surface area (Å²) in [6, 6.07) is 7.41. The van der Waals surface area contributed by atoms with Crippen LogP contribution in [0.25, 0.3) is 0 Å². The monoisotopic (exact) mass is 382 g/mol. The van der Waals surface area contributed by atoms with Gasteiger partial charge in [-0.1, -0.05) is 40.7 Å². The lowest BCUT2D eigenvalue weighted by molar-refractivity contribution is 0.0457. The van der Waals surface area contributed by atoms with Gasteiger partial charge in [0.15, 0.2) is 11.5 Å². The lowest BCUT2D eigenvalue weighted by atomic mass is 9.80. The third kappa shape index (κ3) is 4.01. The fraction of sp³-hybridized carbons (Fsp3) is 0.458. The van der Waals surface area contributed by atoms with E-state index in [2.05, 4.69) is 27.7 Å². The molecule has 4 nitrogen and oxygen atoms in total. The van der Waals surface area contributed by atoms with Crippen LogP contribution in [0.15, 0.2) is 24.3 Å². The zero-order valence-corrected chi connectivity index (χ0v) is 17.7. The van der Waals surface area contributed by atoms with Gasteiger partial charge in [0, 0.05) is 5.56 Å². The number of esters is 1. The summed E-state index contributed by atoms with van der Waals surface area (Å²) in [7, 11) is 0. The van der Waals surface area contributed by atoms with Crippen LogP contribution in [0.5, 0.6) is 17.2 Å². The summed E-state index contributed by atoms with van der Waals surface area (Å²) in [4.78, 5) is 12.9. The minimum atomic E-state index is -0.372. The Hall–Kier alpha value is -2.49. The second-order valence-electron chi connectivity index (χ2n) is 8.98. The maximum absolute atomic E-state index is 12.9. The molecule has 1 aliphatic heterocycles. The molecular weight excluding hydrogens is 352 g/mol. The Kier molecular flexibility index (Phi) is 5.42. The Balaban J connectivity index is 2.12. The van der Waals surface area contributed by atoms with Crippen molar-refractivity contribution in [2.24, 2.45) is 5.41 Å². The van der Waals surface area contributed by atoms with Crippen molar-refractivity contribution in [2.45, 2.75) is 66.9 Å². The van der Waals surface area contributed by atoms with E-state index in [0.717, 1.165) is 23.1 Å². The lowest BCUT2D eigenvalue weighted by Crippen LogP contribution is -2.17. The van der Waals surface area contributed by atoms with E-state index in [9.17, 15) is 9.90 Å². The highest BCUT2D eigenvalue weighted by atomic mass is 16.5. The average Bonchev–Trinajstić information content (AvgIpc) is 2.58. The minimum absolute atomic E-state index is 0.0575. The molecule has 0 aliphatic carbocycles. The number of aromatic hydroxyl groups is 1. The van der Waals surface area contributed by atoms with Crippen LogP contribution in [0, 0.1) is 12.3 Å². The van der Waals surface area contributed by atoms with E-state index in [0.29, 0.717) is 35.0 Å². The van der Waals surface area contributed by atoms with Gasteiger partial charge in [-0.2, -0.15) is 0 Å². The number of rotatable bonds is 3. The quantitative estimate of drug-likeness (QED) is 0.636. The SMILES string of the molecule is CCc1c([C@@H](C)CC(C)(C)C)ccc2c1C(=O)OCc1cc(C)cc(O)c1O2. The molecule has 150 valence electrons. The molecule has 0 spiro atoms. The molecule has 0 radical (unpaired) electrons. The number of aryl methyl sites for hydroxylation is 1. The van der Waals surface area contributed by atoms with Gasteiger partial charge >= 0.3 is 5.97 Å². The predicted octanol–water partition coefficient (Wildman–Crippen LogP) is 6.27. The maximum atomic E-state index is 12.9. The molecule has 28 heavy (non-hydrogen) atoms. The summed E-state index contributed by atoms with van der Waals surface area (Å²) in [5.74, 6) is 0.790. The zero-order valence-electron chi connectivity index (χ0n) is 17.7. The number of cyclic esters (lactones) is 1. The Labute approximate surface area is 167 Å². The normalized spacial score (nSPS) is 14.9. The number of phenols is 1. The Morgan fingerprint density at radius 3 is 2.57 bits per heavy atom. The molecule has 0 fully saturated rings. The van der Waals surface area contributed by atoms with Gasteiger partial charge in [-0.3, -0.25) is 0 Å². The van der Waals surface area contributed by atoms with Gasteiger partial charge in [0.05, 0.1) is 0 Å². The molecule has 0 bridgehead atoms. The van der Waals surface area contributed by atoms with Gasteiger partial charge < -0.3 is 14.6 Å². The van der Waals surface area contributed by atoms with E-state index in [1.165, 1.54) is 0 Å². The highest BCUT2D eigenvalue weighted by Gasteiger charge is 2.28. The number of ether oxygens (including phenoxy) is 2. The van der Waals surface area contributed by atoms with Crippen molar-refractivity contribution >= 4 is 5.97 Å². The smallest absolute Gasteiger partial charge is 0.342 e. The number of phenolic OH excluding ortho intramolecular Hbond substituents is 1. The molecule has 1 heterocycles. The van der Waals surface area contributed by atoms with E-state index < -0.39 is 0 Å². The molecule has 3 rings (SSSR count). The van der Waals surface area contributed by atoms with E-state index >= 15 is 0 Å². The largest absolute Gasteiger partial charge is 0.504 e. The summed E-state index contributed by atoms with van der Waals surface area (Å²) >= 11 is 0. The zero-order chi connectivity index (χ0) is 20.6. The van der Waals surface area contributed by atoms with E-state index in [-0.39, 0.29) is 23.7 Å². The van der Waals surface area contributed by atoms with Gasteiger partial charge in [-0.25, -0.2) is 4.79 Å². The molecule has 2 aromatic rings. The molecular formula is C24H30O4. The summed E-state index contributed by atoms with van der Waals surface area (Å²) < 4.78 is 11.7. The number of hydrogen-bond acceptors (Lipinski definition) is 4. The van der Waals surface area contributed by atoms with Crippen molar-refractivity contribution in [3.8, 4) is 17.2 Å². The third-order valence-electron chi connectivity index (χ3n) is 5.18. The summed E-state index contributed by atoms with van der Waals surface area (Å²) in [6.45, 7) is 12.9. The van der Waals surface area contributed by atoms with Gasteiger partial charge in [0.25, 0.3) is 0 Å². The lowest BCUT2D eigenvalue weighted by Gasteiger charge is -2.27. The first-order chi connectivity index (χ1) is 13.1. The van der Waals surface area contributed by atoms with E-state index in [4.69, 9.17) is 9.47 Å². The minimum Gasteiger partial charge on any atom is -0.504 e. The average molecular weight is 383 g/mol. The molecule has 0 aromatic heterocycles. The fourth-order valence-electron chi connectivity index (χ4n) is 4.20. The third-order valence-corrected chi connectivity index (χ3v) is 5.18. The summed E-state index contributed by atoms with van der Waals surface area (Å²) in [6.07, 6.45) is 1.72. The first kappa shape index (κ1) is 20.2. The number of benzene rings is 2. The molecule has 0 unspecified atom stereocenters. The van der Waals surface area contributed by atoms with Crippen LogP contribution in [-0.4, -0.2) is 11.1 Å². The highest BCUT2D eigenvalue weighted by molar-refractivity contribution is 5.95. The molecule has 1 N–H and O–H groups in total. The van der Waals surface area contributed by atoms with Crippen LogP contribution in [0.1, 0.15) is 79.6 Å². The molecule has 1 aliphatic rings. The number of hydrogen-bond donors (Lipinski definition) is 1. The number of carbonyl (C=O) groups is 1. The fourth-order valence-corrected chi connectivity index (χ4v) is 4.20. The predicted molar refractivity (Wildman–Crippen MR) is 110 cm³/mol. The second kappa shape index (κ2) is 7.50. The van der Waals surface area contributed by atoms with Crippen LogP contribution >= 0.6 is 0 Å². The van der Waals surface area contributed by atoms with Crippen LogP contribution in [-0.2, 0) is 17.8 Å². The molecule has 4 heteroatoms. The van der Waals surface area contributed by atoms with Crippen molar-refractivity contribution in [1.29, 1.82) is 0 Å². The van der Waals surface area contributed by atoms with Crippen molar-refractivity contribution < 1.29 is 19.4 Å². The Morgan fingerprint density at radius 2 is 1.93 bits per heavy atom. The molecule has 1 atom stereocenters. The van der Waals surface area contributed by atoms with Crippen molar-refractivity contribution in [3.63, 3.8) is 0 Å². The summed E-state index contributed by atoms with van der Waals surface area (Å²) in [5, 5.41) is 10.4. The molecule has 0 saturated heterocycles. The van der Waals surface area contributed by atoms with Crippen LogP contribution in [0.2, 0.25) is 0 Å². The van der Waals surface area contributed by atoms with Crippen molar-refractivity contribution in [3.05, 3.63) is 52.1 Å². The van der Waals surface area contributed by atoms with Crippen LogP contribution < -0.4 is 4.74 Å². The van der Waals surface area contributed by atoms with Crippen molar-refractivity contribution in [2.75, 3.05) is 0 Å². The van der Waals surface area contributed by atoms with Gasteiger partial charge in [-0.05, 0) is 66.0 Å². The summed E-state index contributed by atoms with van der Waals surface area (Å²) in [5.41, 5.74) is 4.34. The van der Waals surface area contributed by atoms with E-state index in [1.807, 2.05) is 32.0 Å². The maximum Gasteiger partial charge on any atom is 0.342 e. The van der Waals surface area contributed by atoms with Crippen molar-refractivity contribution in [1.82, 2.24) is 0 Å². The second-order valence-corrected chi connectivity index (χ2v) is 8.98. The molecule has 0 saturated carbocycles. The number of carbonyl (C=O) groups excluding carboxylic acids is 1. The van der Waals surface area contributed by atoms with Crippen LogP contribution in [0.4, 0.5) is 0 Å².